The van der Waals surface area contributed by atoms with Gasteiger partial charge in [0.15, 0.2) is 0 Å². The highest BCUT2D eigenvalue weighted by Crippen LogP contribution is 2.14. The third-order valence-corrected chi connectivity index (χ3v) is 4.32. The number of anilines is 1. The lowest BCUT2D eigenvalue weighted by Crippen LogP contribution is -2.53. The van der Waals surface area contributed by atoms with Gasteiger partial charge in [-0.3, -0.25) is 0 Å². The van der Waals surface area contributed by atoms with Crippen LogP contribution in [0.4, 0.5) is 10.5 Å². The van der Waals surface area contributed by atoms with E-state index < -0.39 is 10.2 Å². The average molecular weight is 319 g/mol. The molecule has 1 aromatic rings. The van der Waals surface area contributed by atoms with Crippen LogP contribution in [-0.2, 0) is 10.2 Å². The monoisotopic (exact) mass is 318 g/mol. The highest BCUT2D eigenvalue weighted by atomic mass is 35.5. The number of benzene rings is 1. The minimum atomic E-state index is -3.68. The van der Waals surface area contributed by atoms with Crippen molar-refractivity contribution in [3.63, 3.8) is 0 Å². The van der Waals surface area contributed by atoms with Crippen LogP contribution >= 0.6 is 11.6 Å². The van der Waals surface area contributed by atoms with Crippen LogP contribution in [0.2, 0.25) is 5.02 Å². The van der Waals surface area contributed by atoms with Gasteiger partial charge in [0.1, 0.15) is 0 Å². The van der Waals surface area contributed by atoms with E-state index in [1.54, 1.807) is 24.3 Å². The van der Waals surface area contributed by atoms with E-state index in [1.165, 1.54) is 4.90 Å². The Labute approximate surface area is 122 Å². The summed E-state index contributed by atoms with van der Waals surface area (Å²) in [5.41, 5.74) is 0.633. The molecule has 3 N–H and O–H groups in total. The zero-order valence-corrected chi connectivity index (χ0v) is 12.2. The number of hydrogen-bond donors (Lipinski definition) is 2. The van der Waals surface area contributed by atoms with Gasteiger partial charge in [-0.2, -0.15) is 12.7 Å². The molecule has 1 fully saturated rings. The molecular formula is C11H15ClN4O3S. The molecule has 1 aromatic carbocycles. The van der Waals surface area contributed by atoms with Crippen LogP contribution in [0, 0.1) is 0 Å². The van der Waals surface area contributed by atoms with E-state index in [0.29, 0.717) is 23.8 Å². The summed E-state index contributed by atoms with van der Waals surface area (Å²) in [6, 6.07) is 6.47. The number of amides is 2. The number of urea groups is 1. The normalized spacial score (nSPS) is 17.0. The molecule has 20 heavy (non-hydrogen) atoms. The maximum atomic E-state index is 12.0. The van der Waals surface area contributed by atoms with Gasteiger partial charge in [-0.05, 0) is 24.3 Å². The molecule has 0 bridgehead atoms. The number of nitrogens with zero attached hydrogens (tertiary/aromatic N) is 2. The molecule has 0 radical (unpaired) electrons. The fourth-order valence-corrected chi connectivity index (χ4v) is 2.68. The molecule has 0 aliphatic carbocycles. The Hall–Kier alpha value is -1.35. The maximum absolute atomic E-state index is 12.0. The Kier molecular flexibility index (Phi) is 4.48. The summed E-state index contributed by atoms with van der Waals surface area (Å²) in [6.07, 6.45) is 0. The van der Waals surface area contributed by atoms with Crippen LogP contribution in [0.3, 0.4) is 0 Å². The van der Waals surface area contributed by atoms with Crippen molar-refractivity contribution >= 4 is 33.5 Å². The zero-order chi connectivity index (χ0) is 14.8. The first kappa shape index (κ1) is 15.0. The first-order valence-electron chi connectivity index (χ1n) is 5.95. The highest BCUT2D eigenvalue weighted by Gasteiger charge is 2.26. The molecule has 1 aliphatic heterocycles. The van der Waals surface area contributed by atoms with Crippen molar-refractivity contribution in [1.82, 2.24) is 9.21 Å². The average Bonchev–Trinajstić information content (AvgIpc) is 2.40. The predicted molar refractivity (Wildman–Crippen MR) is 76.7 cm³/mol. The van der Waals surface area contributed by atoms with Gasteiger partial charge in [0.25, 0.3) is 10.2 Å². The highest BCUT2D eigenvalue weighted by molar-refractivity contribution is 7.86. The van der Waals surface area contributed by atoms with E-state index >= 15 is 0 Å². The number of halogens is 1. The Morgan fingerprint density at radius 3 is 2.20 bits per heavy atom. The number of nitrogens with two attached hydrogens (primary N) is 1. The van der Waals surface area contributed by atoms with Crippen LogP contribution in [0.5, 0.6) is 0 Å². The molecule has 1 heterocycles. The van der Waals surface area contributed by atoms with Gasteiger partial charge in [-0.1, -0.05) is 11.6 Å². The van der Waals surface area contributed by atoms with Gasteiger partial charge in [0.05, 0.1) is 0 Å². The molecule has 0 spiro atoms. The minimum Gasteiger partial charge on any atom is -0.322 e. The fourth-order valence-electron chi connectivity index (χ4n) is 1.88. The Morgan fingerprint density at radius 2 is 1.70 bits per heavy atom. The predicted octanol–water partition coefficient (Wildman–Crippen LogP) is 0.693. The quantitative estimate of drug-likeness (QED) is 0.840. The Bertz CT molecular complexity index is 582. The van der Waals surface area contributed by atoms with Crippen molar-refractivity contribution in [3.05, 3.63) is 29.3 Å². The second-order valence-corrected chi connectivity index (χ2v) is 6.35. The van der Waals surface area contributed by atoms with Crippen LogP contribution in [0.25, 0.3) is 0 Å². The lowest BCUT2D eigenvalue weighted by Gasteiger charge is -2.32. The molecule has 0 unspecified atom stereocenters. The number of rotatable bonds is 2. The molecule has 0 atom stereocenters. The van der Waals surface area contributed by atoms with Gasteiger partial charge < -0.3 is 10.2 Å². The first-order valence-corrected chi connectivity index (χ1v) is 7.84. The van der Waals surface area contributed by atoms with Crippen molar-refractivity contribution in [3.8, 4) is 0 Å². The van der Waals surface area contributed by atoms with Gasteiger partial charge in [-0.25, -0.2) is 9.93 Å². The van der Waals surface area contributed by atoms with E-state index in [1.807, 2.05) is 0 Å². The largest absolute Gasteiger partial charge is 0.322 e. The van der Waals surface area contributed by atoms with E-state index in [9.17, 15) is 13.2 Å². The minimum absolute atomic E-state index is 0.201. The van der Waals surface area contributed by atoms with Crippen LogP contribution in [0.1, 0.15) is 0 Å². The number of piperazine rings is 1. The van der Waals surface area contributed by atoms with Crippen LogP contribution < -0.4 is 10.5 Å². The van der Waals surface area contributed by atoms with Crippen LogP contribution in [-0.4, -0.2) is 49.8 Å². The summed E-state index contributed by atoms with van der Waals surface area (Å²) in [5, 5.41) is 8.35. The number of carbonyl (C=O) groups excluding carboxylic acids is 1. The maximum Gasteiger partial charge on any atom is 0.321 e. The molecule has 0 aromatic heterocycles. The van der Waals surface area contributed by atoms with Gasteiger partial charge in [0.2, 0.25) is 0 Å². The van der Waals surface area contributed by atoms with E-state index in [2.05, 4.69) is 5.32 Å². The molecule has 0 saturated carbocycles. The molecule has 2 amide bonds. The van der Waals surface area contributed by atoms with E-state index in [0.717, 1.165) is 4.31 Å². The molecule has 1 saturated heterocycles. The molecule has 1 aliphatic rings. The molecule has 110 valence electrons. The third kappa shape index (κ3) is 3.83. The van der Waals surface area contributed by atoms with Crippen molar-refractivity contribution in [2.45, 2.75) is 0 Å². The topological polar surface area (TPSA) is 95.7 Å². The van der Waals surface area contributed by atoms with Gasteiger partial charge in [0, 0.05) is 36.9 Å². The van der Waals surface area contributed by atoms with Crippen LogP contribution in [0.15, 0.2) is 24.3 Å². The summed E-state index contributed by atoms with van der Waals surface area (Å²) < 4.78 is 23.5. The van der Waals surface area contributed by atoms with E-state index in [-0.39, 0.29) is 19.1 Å². The number of carbonyl (C=O) groups is 1. The van der Waals surface area contributed by atoms with Crippen molar-refractivity contribution in [1.29, 1.82) is 0 Å². The lowest BCUT2D eigenvalue weighted by molar-refractivity contribution is 0.184. The van der Waals surface area contributed by atoms with E-state index in [4.69, 9.17) is 16.7 Å². The number of nitrogens with one attached hydrogen (secondary N) is 1. The summed E-state index contributed by atoms with van der Waals surface area (Å²) in [5.74, 6) is 0. The Morgan fingerprint density at radius 1 is 1.15 bits per heavy atom. The summed E-state index contributed by atoms with van der Waals surface area (Å²) in [6.45, 7) is 1.01. The molecule has 9 heteroatoms. The smallest absolute Gasteiger partial charge is 0.321 e. The standard InChI is InChI=1S/C11H15ClN4O3S/c12-9-1-3-10(4-2-9)14-11(17)15-5-7-16(8-6-15)20(13,18)19/h1-4H,5-8H2,(H,14,17)(H2,13,18,19). The van der Waals surface area contributed by atoms with Gasteiger partial charge >= 0.3 is 6.03 Å². The zero-order valence-electron chi connectivity index (χ0n) is 10.6. The summed E-state index contributed by atoms with van der Waals surface area (Å²) >= 11 is 5.76. The van der Waals surface area contributed by atoms with Crippen molar-refractivity contribution in [2.75, 3.05) is 31.5 Å². The molecule has 2 rings (SSSR count). The lowest BCUT2D eigenvalue weighted by atomic mass is 10.3. The summed E-state index contributed by atoms with van der Waals surface area (Å²) in [7, 11) is -3.68. The van der Waals surface area contributed by atoms with Gasteiger partial charge in [-0.15, -0.1) is 0 Å². The van der Waals surface area contributed by atoms with Crippen molar-refractivity contribution in [2.24, 2.45) is 5.14 Å². The fraction of sp³-hybridized carbons (Fsp3) is 0.364. The second kappa shape index (κ2) is 5.96. The number of hydrogen-bond acceptors (Lipinski definition) is 3. The molecular weight excluding hydrogens is 304 g/mol. The molecule has 7 nitrogen and oxygen atoms in total. The van der Waals surface area contributed by atoms with Crippen molar-refractivity contribution < 1.29 is 13.2 Å². The third-order valence-electron chi connectivity index (χ3n) is 2.98. The first-order chi connectivity index (χ1) is 9.36. The SMILES string of the molecule is NS(=O)(=O)N1CCN(C(=O)Nc2ccc(Cl)cc2)CC1. The Balaban J connectivity index is 1.90. The second-order valence-electron chi connectivity index (χ2n) is 4.37. The summed E-state index contributed by atoms with van der Waals surface area (Å²) in [4.78, 5) is 13.5.